The number of rotatable bonds is 4. The molecule has 2 heterocycles. The normalized spacial score (nSPS) is 11.0. The molecule has 0 aliphatic rings. The molecule has 0 spiro atoms. The molecule has 0 bridgehead atoms. The minimum Gasteiger partial charge on any atom is -0.496 e. The van der Waals surface area contributed by atoms with Gasteiger partial charge < -0.3 is 9.47 Å². The van der Waals surface area contributed by atoms with E-state index in [-0.39, 0.29) is 12.6 Å². The van der Waals surface area contributed by atoms with E-state index in [1.807, 2.05) is 45.2 Å². The van der Waals surface area contributed by atoms with Crippen molar-refractivity contribution in [3.05, 3.63) is 46.0 Å². The van der Waals surface area contributed by atoms with Crippen LogP contribution in [-0.4, -0.2) is 22.9 Å². The van der Waals surface area contributed by atoms with Gasteiger partial charge >= 0.3 is 5.97 Å². The SMILES string of the molecule is COc1ccc(C)cc1COC(=O)c1cc2c(C)nn(C)c2s1. The lowest BCUT2D eigenvalue weighted by Gasteiger charge is -2.09. The number of carbonyl (C=O) groups excluding carboxylic acids is 1. The summed E-state index contributed by atoms with van der Waals surface area (Å²) in [5, 5.41) is 5.33. The highest BCUT2D eigenvalue weighted by atomic mass is 32.1. The smallest absolute Gasteiger partial charge is 0.348 e. The zero-order chi connectivity index (χ0) is 16.6. The summed E-state index contributed by atoms with van der Waals surface area (Å²) >= 11 is 1.40. The minimum absolute atomic E-state index is 0.190. The Balaban J connectivity index is 1.78. The first-order valence-electron chi connectivity index (χ1n) is 7.23. The first kappa shape index (κ1) is 15.6. The number of benzene rings is 1. The highest BCUT2D eigenvalue weighted by Gasteiger charge is 2.17. The second-order valence-corrected chi connectivity index (χ2v) is 6.46. The summed E-state index contributed by atoms with van der Waals surface area (Å²) in [6.07, 6.45) is 0. The van der Waals surface area contributed by atoms with Crippen LogP contribution in [0.2, 0.25) is 0 Å². The molecule has 120 valence electrons. The van der Waals surface area contributed by atoms with Gasteiger partial charge in [-0.05, 0) is 32.0 Å². The second-order valence-electron chi connectivity index (χ2n) is 5.43. The summed E-state index contributed by atoms with van der Waals surface area (Å²) < 4.78 is 12.5. The van der Waals surface area contributed by atoms with Crippen molar-refractivity contribution in [2.24, 2.45) is 7.05 Å². The summed E-state index contributed by atoms with van der Waals surface area (Å²) in [5.41, 5.74) is 2.87. The lowest BCUT2D eigenvalue weighted by Crippen LogP contribution is -2.04. The molecule has 6 heteroatoms. The molecule has 0 unspecified atom stereocenters. The quantitative estimate of drug-likeness (QED) is 0.686. The van der Waals surface area contributed by atoms with Crippen molar-refractivity contribution >= 4 is 27.5 Å². The van der Waals surface area contributed by atoms with Gasteiger partial charge in [0.25, 0.3) is 0 Å². The standard InChI is InChI=1S/C17H18N2O3S/c1-10-5-6-14(21-4)12(7-10)9-22-17(20)15-8-13-11(2)18-19(3)16(13)23-15/h5-8H,9H2,1-4H3. The largest absolute Gasteiger partial charge is 0.496 e. The fraction of sp³-hybridized carbons (Fsp3) is 0.294. The number of fused-ring (bicyclic) bond motifs is 1. The van der Waals surface area contributed by atoms with Crippen molar-refractivity contribution in [1.29, 1.82) is 0 Å². The fourth-order valence-corrected chi connectivity index (χ4v) is 3.56. The summed E-state index contributed by atoms with van der Waals surface area (Å²) in [7, 11) is 3.48. The van der Waals surface area contributed by atoms with Crippen molar-refractivity contribution in [3.63, 3.8) is 0 Å². The molecule has 0 saturated carbocycles. The molecule has 0 amide bonds. The lowest BCUT2D eigenvalue weighted by atomic mass is 10.1. The number of hydrogen-bond donors (Lipinski definition) is 0. The lowest BCUT2D eigenvalue weighted by molar-refractivity contribution is 0.0476. The van der Waals surface area contributed by atoms with Crippen molar-refractivity contribution in [2.75, 3.05) is 7.11 Å². The summed E-state index contributed by atoms with van der Waals surface area (Å²) in [5.74, 6) is 0.397. The molecular weight excluding hydrogens is 312 g/mol. The Morgan fingerprint density at radius 2 is 2.09 bits per heavy atom. The average Bonchev–Trinajstić information content (AvgIpc) is 3.07. The van der Waals surface area contributed by atoms with E-state index < -0.39 is 0 Å². The zero-order valence-electron chi connectivity index (χ0n) is 13.5. The molecule has 3 rings (SSSR count). The third-order valence-electron chi connectivity index (χ3n) is 3.69. The number of aromatic nitrogens is 2. The van der Waals surface area contributed by atoms with Crippen LogP contribution in [0.5, 0.6) is 5.75 Å². The van der Waals surface area contributed by atoms with Gasteiger partial charge in [-0.3, -0.25) is 4.68 Å². The summed E-state index contributed by atoms with van der Waals surface area (Å²) in [6.45, 7) is 4.11. The van der Waals surface area contributed by atoms with Crippen molar-refractivity contribution in [2.45, 2.75) is 20.5 Å². The average molecular weight is 330 g/mol. The third kappa shape index (κ3) is 2.94. The molecule has 0 aliphatic heterocycles. The number of thiophene rings is 1. The molecule has 3 aromatic rings. The van der Waals surface area contributed by atoms with E-state index in [2.05, 4.69) is 5.10 Å². The van der Waals surface area contributed by atoms with Gasteiger partial charge in [0.2, 0.25) is 0 Å². The highest BCUT2D eigenvalue weighted by molar-refractivity contribution is 7.20. The van der Waals surface area contributed by atoms with E-state index in [4.69, 9.17) is 9.47 Å². The minimum atomic E-state index is -0.325. The van der Waals surface area contributed by atoms with Gasteiger partial charge in [-0.25, -0.2) is 4.79 Å². The summed E-state index contributed by atoms with van der Waals surface area (Å²) in [6, 6.07) is 7.65. The molecule has 23 heavy (non-hydrogen) atoms. The number of aryl methyl sites for hydroxylation is 3. The Labute approximate surface area is 138 Å². The van der Waals surface area contributed by atoms with E-state index in [1.54, 1.807) is 11.8 Å². The van der Waals surface area contributed by atoms with Gasteiger partial charge in [0.15, 0.2) is 0 Å². The summed E-state index contributed by atoms with van der Waals surface area (Å²) in [4.78, 5) is 13.9. The van der Waals surface area contributed by atoms with Crippen LogP contribution >= 0.6 is 11.3 Å². The van der Waals surface area contributed by atoms with Crippen LogP contribution in [0, 0.1) is 13.8 Å². The van der Waals surface area contributed by atoms with Gasteiger partial charge in [0.05, 0.1) is 12.8 Å². The Kier molecular flexibility index (Phi) is 4.09. The molecule has 0 radical (unpaired) electrons. The first-order chi connectivity index (χ1) is 11.0. The number of methoxy groups -OCH3 is 1. The predicted molar refractivity (Wildman–Crippen MR) is 90.2 cm³/mol. The highest BCUT2D eigenvalue weighted by Crippen LogP contribution is 2.28. The monoisotopic (exact) mass is 330 g/mol. The Bertz CT molecular complexity index is 845. The Morgan fingerprint density at radius 3 is 2.78 bits per heavy atom. The fourth-order valence-electron chi connectivity index (χ4n) is 2.54. The van der Waals surface area contributed by atoms with Crippen LogP contribution in [0.15, 0.2) is 24.3 Å². The second kappa shape index (κ2) is 6.04. The van der Waals surface area contributed by atoms with E-state index in [0.29, 0.717) is 4.88 Å². The third-order valence-corrected chi connectivity index (χ3v) is 4.87. The maximum Gasteiger partial charge on any atom is 0.348 e. The Hall–Kier alpha value is -2.34. The van der Waals surface area contributed by atoms with E-state index in [0.717, 1.165) is 32.8 Å². The predicted octanol–water partition coefficient (Wildman–Crippen LogP) is 3.62. The molecular formula is C17H18N2O3S. The molecule has 0 fully saturated rings. The van der Waals surface area contributed by atoms with Crippen molar-refractivity contribution in [3.8, 4) is 5.75 Å². The van der Waals surface area contributed by atoms with E-state index in [9.17, 15) is 4.79 Å². The first-order valence-corrected chi connectivity index (χ1v) is 8.05. The Morgan fingerprint density at radius 1 is 1.30 bits per heavy atom. The van der Waals surface area contributed by atoms with Crippen LogP contribution in [0.4, 0.5) is 0 Å². The van der Waals surface area contributed by atoms with Crippen LogP contribution in [-0.2, 0) is 18.4 Å². The number of carbonyl (C=O) groups is 1. The van der Waals surface area contributed by atoms with Crippen LogP contribution in [0.1, 0.15) is 26.5 Å². The molecule has 0 atom stereocenters. The number of nitrogens with zero attached hydrogens (tertiary/aromatic N) is 2. The van der Waals surface area contributed by atoms with Crippen molar-refractivity contribution in [1.82, 2.24) is 9.78 Å². The van der Waals surface area contributed by atoms with E-state index in [1.165, 1.54) is 11.3 Å². The molecule has 2 aromatic heterocycles. The number of hydrogen-bond acceptors (Lipinski definition) is 5. The van der Waals surface area contributed by atoms with Gasteiger partial charge in [-0.1, -0.05) is 11.6 Å². The maximum absolute atomic E-state index is 12.3. The zero-order valence-corrected chi connectivity index (χ0v) is 14.4. The van der Waals surface area contributed by atoms with Gasteiger partial charge in [-0.2, -0.15) is 5.10 Å². The van der Waals surface area contributed by atoms with Crippen LogP contribution in [0.25, 0.3) is 10.2 Å². The van der Waals surface area contributed by atoms with Crippen LogP contribution < -0.4 is 4.74 Å². The molecule has 0 saturated heterocycles. The number of ether oxygens (including phenoxy) is 2. The van der Waals surface area contributed by atoms with Gasteiger partial charge in [0.1, 0.15) is 22.1 Å². The van der Waals surface area contributed by atoms with Gasteiger partial charge in [0, 0.05) is 18.0 Å². The number of esters is 1. The molecule has 0 N–H and O–H groups in total. The molecule has 5 nitrogen and oxygen atoms in total. The topological polar surface area (TPSA) is 53.4 Å². The van der Waals surface area contributed by atoms with Gasteiger partial charge in [-0.15, -0.1) is 11.3 Å². The maximum atomic E-state index is 12.3. The van der Waals surface area contributed by atoms with Crippen molar-refractivity contribution < 1.29 is 14.3 Å². The molecule has 0 aliphatic carbocycles. The van der Waals surface area contributed by atoms with E-state index >= 15 is 0 Å². The molecule has 1 aromatic carbocycles. The van der Waals surface area contributed by atoms with Crippen LogP contribution in [0.3, 0.4) is 0 Å².